The molecular weight excluding hydrogens is 365 g/mol. The molecule has 1 aromatic rings. The Morgan fingerprint density at radius 3 is 2.65 bits per heavy atom. The zero-order chi connectivity index (χ0) is 13.7. The summed E-state index contributed by atoms with van der Waals surface area (Å²) >= 11 is 0. The lowest BCUT2D eigenvalue weighted by molar-refractivity contribution is -0.0971. The molecule has 0 aromatic heterocycles. The molecule has 0 radical (unpaired) electrons. The van der Waals surface area contributed by atoms with Crippen LogP contribution >= 0.6 is 24.0 Å². The van der Waals surface area contributed by atoms with Crippen LogP contribution in [-0.4, -0.2) is 32.8 Å². The first-order chi connectivity index (χ1) is 9.11. The van der Waals surface area contributed by atoms with Gasteiger partial charge in [-0.2, -0.15) is 0 Å². The lowest BCUT2D eigenvalue weighted by Gasteiger charge is -2.38. The molecule has 1 heterocycles. The van der Waals surface area contributed by atoms with E-state index in [1.807, 2.05) is 0 Å². The molecular formula is C15H24IN3O. The summed E-state index contributed by atoms with van der Waals surface area (Å²) in [5.74, 6) is 0.842. The molecule has 0 saturated carbocycles. The van der Waals surface area contributed by atoms with Gasteiger partial charge in [-0.15, -0.1) is 24.0 Å². The predicted molar refractivity (Wildman–Crippen MR) is 93.7 cm³/mol. The average Bonchev–Trinajstić information content (AvgIpc) is 2.37. The molecule has 0 spiro atoms. The van der Waals surface area contributed by atoms with Gasteiger partial charge in [-0.1, -0.05) is 36.8 Å². The summed E-state index contributed by atoms with van der Waals surface area (Å²) in [6.45, 7) is 7.66. The molecule has 0 amide bonds. The number of aryl methyl sites for hydroxylation is 1. The van der Waals surface area contributed by atoms with Crippen molar-refractivity contribution in [2.75, 3.05) is 26.8 Å². The van der Waals surface area contributed by atoms with Crippen LogP contribution in [0.2, 0.25) is 0 Å². The first-order valence-corrected chi connectivity index (χ1v) is 6.69. The Bertz CT molecular complexity index is 458. The molecule has 0 atom stereocenters. The zero-order valence-electron chi connectivity index (χ0n) is 12.4. The minimum absolute atomic E-state index is 0. The van der Waals surface area contributed by atoms with E-state index in [1.165, 1.54) is 11.1 Å². The van der Waals surface area contributed by atoms with E-state index in [9.17, 15) is 0 Å². The number of halogens is 1. The molecule has 1 aliphatic rings. The molecule has 0 aliphatic carbocycles. The number of hydrogen-bond donors (Lipinski definition) is 2. The SMILES string of the molecule is CN=C(NCc1cccc(C)c1)NCC1(C)COC1.I. The van der Waals surface area contributed by atoms with Gasteiger partial charge in [-0.05, 0) is 12.5 Å². The van der Waals surface area contributed by atoms with Crippen molar-refractivity contribution in [1.82, 2.24) is 10.6 Å². The molecule has 1 fully saturated rings. The largest absolute Gasteiger partial charge is 0.380 e. The number of rotatable bonds is 4. The quantitative estimate of drug-likeness (QED) is 0.472. The molecule has 2 rings (SSSR count). The molecule has 0 bridgehead atoms. The highest BCUT2D eigenvalue weighted by Gasteiger charge is 2.33. The second-order valence-corrected chi connectivity index (χ2v) is 5.57. The number of hydrogen-bond acceptors (Lipinski definition) is 2. The van der Waals surface area contributed by atoms with Gasteiger partial charge in [-0.25, -0.2) is 0 Å². The maximum absolute atomic E-state index is 5.25. The van der Waals surface area contributed by atoms with Crippen molar-refractivity contribution in [3.63, 3.8) is 0 Å². The summed E-state index contributed by atoms with van der Waals surface area (Å²) in [6, 6.07) is 8.49. The first kappa shape index (κ1) is 17.2. The minimum atomic E-state index is 0. The van der Waals surface area contributed by atoms with Crippen LogP contribution in [0.1, 0.15) is 18.1 Å². The van der Waals surface area contributed by atoms with Gasteiger partial charge in [0, 0.05) is 25.6 Å². The van der Waals surface area contributed by atoms with Crippen LogP contribution < -0.4 is 10.6 Å². The topological polar surface area (TPSA) is 45.7 Å². The number of aliphatic imine (C=N–C) groups is 1. The van der Waals surface area contributed by atoms with Crippen molar-refractivity contribution >= 4 is 29.9 Å². The van der Waals surface area contributed by atoms with Crippen molar-refractivity contribution in [2.24, 2.45) is 10.4 Å². The van der Waals surface area contributed by atoms with Crippen LogP contribution in [0.3, 0.4) is 0 Å². The fourth-order valence-electron chi connectivity index (χ4n) is 2.08. The van der Waals surface area contributed by atoms with Gasteiger partial charge in [0.2, 0.25) is 0 Å². The third-order valence-electron chi connectivity index (χ3n) is 3.35. The van der Waals surface area contributed by atoms with Crippen molar-refractivity contribution in [2.45, 2.75) is 20.4 Å². The average molecular weight is 389 g/mol. The summed E-state index contributed by atoms with van der Waals surface area (Å²) in [6.07, 6.45) is 0. The summed E-state index contributed by atoms with van der Waals surface area (Å²) < 4.78 is 5.25. The molecule has 1 saturated heterocycles. The highest BCUT2D eigenvalue weighted by Crippen LogP contribution is 2.24. The lowest BCUT2D eigenvalue weighted by atomic mass is 9.89. The molecule has 112 valence electrons. The third kappa shape index (κ3) is 4.94. The van der Waals surface area contributed by atoms with E-state index >= 15 is 0 Å². The fourth-order valence-corrected chi connectivity index (χ4v) is 2.08. The van der Waals surface area contributed by atoms with Crippen LogP contribution in [0.15, 0.2) is 29.3 Å². The Hall–Kier alpha value is -0.820. The van der Waals surface area contributed by atoms with E-state index in [1.54, 1.807) is 7.05 Å². The van der Waals surface area contributed by atoms with Crippen LogP contribution in [0.4, 0.5) is 0 Å². The minimum Gasteiger partial charge on any atom is -0.380 e. The van der Waals surface area contributed by atoms with Crippen molar-refractivity contribution in [1.29, 1.82) is 0 Å². The maximum atomic E-state index is 5.25. The standard InChI is InChI=1S/C15H23N3O.HI/c1-12-5-4-6-13(7-12)8-17-14(16-3)18-9-15(2)10-19-11-15;/h4-7H,8-11H2,1-3H3,(H2,16,17,18);1H. The van der Waals surface area contributed by atoms with Gasteiger partial charge in [0.05, 0.1) is 13.2 Å². The van der Waals surface area contributed by atoms with E-state index in [0.717, 1.165) is 32.3 Å². The highest BCUT2D eigenvalue weighted by molar-refractivity contribution is 14.0. The van der Waals surface area contributed by atoms with Crippen molar-refractivity contribution in [3.8, 4) is 0 Å². The van der Waals surface area contributed by atoms with E-state index in [0.29, 0.717) is 0 Å². The van der Waals surface area contributed by atoms with Gasteiger partial charge in [0.15, 0.2) is 5.96 Å². The molecule has 1 aromatic carbocycles. The Labute approximate surface area is 138 Å². The molecule has 0 unspecified atom stereocenters. The number of benzene rings is 1. The van der Waals surface area contributed by atoms with Crippen LogP contribution in [0.25, 0.3) is 0 Å². The van der Waals surface area contributed by atoms with Gasteiger partial charge in [0.1, 0.15) is 0 Å². The number of nitrogens with zero attached hydrogens (tertiary/aromatic N) is 1. The zero-order valence-corrected chi connectivity index (χ0v) is 14.7. The number of guanidine groups is 1. The molecule has 20 heavy (non-hydrogen) atoms. The highest BCUT2D eigenvalue weighted by atomic mass is 127. The van der Waals surface area contributed by atoms with E-state index in [4.69, 9.17) is 4.74 Å². The Morgan fingerprint density at radius 2 is 2.10 bits per heavy atom. The summed E-state index contributed by atoms with van der Waals surface area (Å²) in [5, 5.41) is 6.69. The van der Waals surface area contributed by atoms with Gasteiger partial charge in [-0.3, -0.25) is 4.99 Å². The molecule has 2 N–H and O–H groups in total. The molecule has 5 heteroatoms. The van der Waals surface area contributed by atoms with E-state index in [-0.39, 0.29) is 29.4 Å². The Kier molecular flexibility index (Phi) is 6.75. The van der Waals surface area contributed by atoms with Gasteiger partial charge < -0.3 is 15.4 Å². The van der Waals surface area contributed by atoms with Crippen LogP contribution in [0.5, 0.6) is 0 Å². The number of nitrogens with one attached hydrogen (secondary N) is 2. The Morgan fingerprint density at radius 1 is 1.35 bits per heavy atom. The maximum Gasteiger partial charge on any atom is 0.191 e. The van der Waals surface area contributed by atoms with Crippen LogP contribution in [-0.2, 0) is 11.3 Å². The van der Waals surface area contributed by atoms with Crippen LogP contribution in [0, 0.1) is 12.3 Å². The lowest BCUT2D eigenvalue weighted by Crippen LogP contribution is -2.50. The van der Waals surface area contributed by atoms with E-state index in [2.05, 4.69) is 53.7 Å². The summed E-state index contributed by atoms with van der Waals surface area (Å²) in [7, 11) is 1.80. The fraction of sp³-hybridized carbons (Fsp3) is 0.533. The molecule has 4 nitrogen and oxygen atoms in total. The number of ether oxygens (including phenoxy) is 1. The van der Waals surface area contributed by atoms with E-state index < -0.39 is 0 Å². The molecule has 1 aliphatic heterocycles. The predicted octanol–water partition coefficient (Wildman–Crippen LogP) is 2.31. The summed E-state index contributed by atoms with van der Waals surface area (Å²) in [4.78, 5) is 4.24. The first-order valence-electron chi connectivity index (χ1n) is 6.69. The van der Waals surface area contributed by atoms with Crippen molar-refractivity contribution in [3.05, 3.63) is 35.4 Å². The normalized spacial score (nSPS) is 16.9. The second-order valence-electron chi connectivity index (χ2n) is 5.57. The Balaban J connectivity index is 0.00000200. The van der Waals surface area contributed by atoms with Gasteiger partial charge >= 0.3 is 0 Å². The second kappa shape index (κ2) is 7.83. The smallest absolute Gasteiger partial charge is 0.191 e. The summed E-state index contributed by atoms with van der Waals surface area (Å²) in [5.41, 5.74) is 2.79. The monoisotopic (exact) mass is 389 g/mol. The van der Waals surface area contributed by atoms with Crippen molar-refractivity contribution < 1.29 is 4.74 Å². The third-order valence-corrected chi connectivity index (χ3v) is 3.35. The van der Waals surface area contributed by atoms with Gasteiger partial charge in [0.25, 0.3) is 0 Å².